The molecule has 10 nitrogen and oxygen atoms in total. The Morgan fingerprint density at radius 1 is 1.27 bits per heavy atom. The van der Waals surface area contributed by atoms with Gasteiger partial charge in [-0.1, -0.05) is 13.8 Å². The third-order valence-electron chi connectivity index (χ3n) is 5.93. The van der Waals surface area contributed by atoms with E-state index >= 15 is 0 Å². The molecule has 2 aromatic heterocycles. The lowest BCUT2D eigenvalue weighted by Crippen LogP contribution is -2.51. The van der Waals surface area contributed by atoms with Crippen molar-refractivity contribution < 1.29 is 19.4 Å². The molecule has 2 N–H and O–H groups in total. The van der Waals surface area contributed by atoms with Gasteiger partial charge in [0.25, 0.3) is 11.5 Å². The topological polar surface area (TPSA) is 118 Å². The molecule has 0 radical (unpaired) electrons. The Kier molecular flexibility index (Phi) is 6.29. The standard InChI is InChI=1S/C23H31N5O5/c1-13(2)10-26-21-16(5-8-18(29)27-14(3)11-33-12-15(27)4)9-24-28(21)23(32)19(22(26)31)20(30)25-17-6-7-17/h5,8-9,13-15,17,32H,6-7,10-12H2,1-4H3,(H,25,30)/b8-5+. The van der Waals surface area contributed by atoms with E-state index in [1.54, 1.807) is 11.0 Å². The fourth-order valence-electron chi connectivity index (χ4n) is 4.23. The molecule has 0 spiro atoms. The van der Waals surface area contributed by atoms with E-state index in [-0.39, 0.29) is 35.5 Å². The molecule has 4 rings (SSSR count). The third kappa shape index (κ3) is 4.52. The number of fused-ring (bicyclic) bond motifs is 1. The van der Waals surface area contributed by atoms with Crippen LogP contribution < -0.4 is 10.9 Å². The van der Waals surface area contributed by atoms with Crippen molar-refractivity contribution in [3.8, 4) is 5.88 Å². The van der Waals surface area contributed by atoms with E-state index in [0.29, 0.717) is 31.0 Å². The number of nitrogens with one attached hydrogen (secondary N) is 1. The van der Waals surface area contributed by atoms with Crippen molar-refractivity contribution in [2.45, 2.75) is 65.2 Å². The quantitative estimate of drug-likeness (QED) is 0.633. The van der Waals surface area contributed by atoms with Crippen LogP contribution in [0.15, 0.2) is 17.1 Å². The zero-order valence-electron chi connectivity index (χ0n) is 19.4. The van der Waals surface area contributed by atoms with Crippen molar-refractivity contribution in [2.75, 3.05) is 13.2 Å². The SMILES string of the molecule is CC(C)Cn1c(=O)c(C(=O)NC2CC2)c(O)n2ncc(/C=C/C(=O)N3C(C)COCC3C)c12. The molecule has 2 fully saturated rings. The van der Waals surface area contributed by atoms with Crippen LogP contribution in [-0.4, -0.2) is 67.3 Å². The molecule has 1 aliphatic heterocycles. The summed E-state index contributed by atoms with van der Waals surface area (Å²) in [6, 6.07) is -0.0614. The van der Waals surface area contributed by atoms with Gasteiger partial charge in [-0.25, -0.2) is 0 Å². The molecule has 178 valence electrons. The second-order valence-corrected chi connectivity index (χ2v) is 9.41. The predicted octanol–water partition coefficient (Wildman–Crippen LogP) is 1.40. The first-order chi connectivity index (χ1) is 15.7. The zero-order chi connectivity index (χ0) is 23.9. The summed E-state index contributed by atoms with van der Waals surface area (Å²) < 4.78 is 8.13. The van der Waals surface area contributed by atoms with Gasteiger partial charge in [0.1, 0.15) is 5.65 Å². The van der Waals surface area contributed by atoms with Crippen LogP contribution in [0.3, 0.4) is 0 Å². The monoisotopic (exact) mass is 457 g/mol. The molecular formula is C23H31N5O5. The van der Waals surface area contributed by atoms with Crippen LogP contribution in [0.1, 0.15) is 56.5 Å². The van der Waals surface area contributed by atoms with Crippen LogP contribution >= 0.6 is 0 Å². The van der Waals surface area contributed by atoms with Gasteiger partial charge in [0.2, 0.25) is 11.8 Å². The molecule has 2 unspecified atom stereocenters. The minimum atomic E-state index is -0.600. The largest absolute Gasteiger partial charge is 0.492 e. The fourth-order valence-corrected chi connectivity index (χ4v) is 4.23. The number of hydrogen-bond donors (Lipinski definition) is 2. The van der Waals surface area contributed by atoms with Gasteiger partial charge < -0.3 is 20.1 Å². The maximum Gasteiger partial charge on any atom is 0.270 e. The number of ether oxygens (including phenoxy) is 1. The van der Waals surface area contributed by atoms with E-state index in [0.717, 1.165) is 12.8 Å². The molecule has 2 amide bonds. The van der Waals surface area contributed by atoms with Crippen LogP contribution in [-0.2, 0) is 16.1 Å². The first-order valence-electron chi connectivity index (χ1n) is 11.4. The Morgan fingerprint density at radius 2 is 1.94 bits per heavy atom. The Balaban J connectivity index is 1.75. The van der Waals surface area contributed by atoms with Crippen LogP contribution in [0.25, 0.3) is 11.7 Å². The Bertz CT molecular complexity index is 1150. The summed E-state index contributed by atoms with van der Waals surface area (Å²) in [6.45, 7) is 9.06. The average molecular weight is 458 g/mol. The van der Waals surface area contributed by atoms with Gasteiger partial charge in [0.15, 0.2) is 5.56 Å². The van der Waals surface area contributed by atoms with Gasteiger partial charge in [0.05, 0.1) is 31.5 Å². The van der Waals surface area contributed by atoms with Gasteiger partial charge in [0, 0.05) is 24.2 Å². The van der Waals surface area contributed by atoms with Gasteiger partial charge in [-0.05, 0) is 38.7 Å². The van der Waals surface area contributed by atoms with Crippen LogP contribution in [0.2, 0.25) is 0 Å². The normalized spacial score (nSPS) is 21.3. The number of carbonyl (C=O) groups excluding carboxylic acids is 2. The molecule has 2 aliphatic rings. The summed E-state index contributed by atoms with van der Waals surface area (Å²) in [5, 5.41) is 17.7. The molecular weight excluding hydrogens is 426 g/mol. The Morgan fingerprint density at radius 3 is 2.55 bits per heavy atom. The highest BCUT2D eigenvalue weighted by molar-refractivity contribution is 5.97. The predicted molar refractivity (Wildman–Crippen MR) is 122 cm³/mol. The highest BCUT2D eigenvalue weighted by Crippen LogP contribution is 2.24. The van der Waals surface area contributed by atoms with Crippen molar-refractivity contribution in [3.63, 3.8) is 0 Å². The highest BCUT2D eigenvalue weighted by atomic mass is 16.5. The molecule has 2 aromatic rings. The van der Waals surface area contributed by atoms with E-state index in [1.807, 2.05) is 27.7 Å². The second-order valence-electron chi connectivity index (χ2n) is 9.41. The fraction of sp³-hybridized carbons (Fsp3) is 0.565. The molecule has 2 atom stereocenters. The summed E-state index contributed by atoms with van der Waals surface area (Å²) in [4.78, 5) is 40.6. The van der Waals surface area contributed by atoms with E-state index < -0.39 is 17.3 Å². The summed E-state index contributed by atoms with van der Waals surface area (Å²) in [5.41, 5.74) is -0.0649. The number of amides is 2. The molecule has 1 saturated heterocycles. The molecule has 1 saturated carbocycles. The van der Waals surface area contributed by atoms with Crippen LogP contribution in [0.5, 0.6) is 5.88 Å². The van der Waals surface area contributed by atoms with Crippen LogP contribution in [0, 0.1) is 5.92 Å². The Hall–Kier alpha value is -3.14. The van der Waals surface area contributed by atoms with Gasteiger partial charge in [-0.2, -0.15) is 9.61 Å². The van der Waals surface area contributed by atoms with Crippen molar-refractivity contribution in [1.82, 2.24) is 24.4 Å². The number of aromatic hydroxyl groups is 1. The molecule has 3 heterocycles. The first-order valence-corrected chi connectivity index (χ1v) is 11.4. The molecule has 1 aliphatic carbocycles. The van der Waals surface area contributed by atoms with E-state index in [4.69, 9.17) is 4.74 Å². The van der Waals surface area contributed by atoms with Crippen molar-refractivity contribution in [3.05, 3.63) is 33.8 Å². The summed E-state index contributed by atoms with van der Waals surface area (Å²) >= 11 is 0. The van der Waals surface area contributed by atoms with E-state index in [9.17, 15) is 19.5 Å². The van der Waals surface area contributed by atoms with Crippen molar-refractivity contribution in [1.29, 1.82) is 0 Å². The van der Waals surface area contributed by atoms with E-state index in [1.165, 1.54) is 21.4 Å². The number of hydrogen-bond acceptors (Lipinski definition) is 6. The maximum absolute atomic E-state index is 13.3. The molecule has 33 heavy (non-hydrogen) atoms. The first kappa shape index (κ1) is 23.0. The number of carbonyl (C=O) groups is 2. The summed E-state index contributed by atoms with van der Waals surface area (Å²) in [5.74, 6) is -1.18. The molecule has 0 aromatic carbocycles. The van der Waals surface area contributed by atoms with Gasteiger partial charge >= 0.3 is 0 Å². The second kappa shape index (κ2) is 9.01. The third-order valence-corrected chi connectivity index (χ3v) is 5.93. The van der Waals surface area contributed by atoms with Crippen LogP contribution in [0.4, 0.5) is 0 Å². The molecule has 10 heteroatoms. The lowest BCUT2D eigenvalue weighted by molar-refractivity contribution is -0.138. The number of aromatic nitrogens is 3. The Labute approximate surface area is 191 Å². The van der Waals surface area contributed by atoms with Gasteiger partial charge in [-0.15, -0.1) is 0 Å². The number of morpholine rings is 1. The zero-order valence-corrected chi connectivity index (χ0v) is 19.4. The van der Waals surface area contributed by atoms with Gasteiger partial charge in [-0.3, -0.25) is 19.0 Å². The number of nitrogens with zero attached hydrogens (tertiary/aromatic N) is 4. The lowest BCUT2D eigenvalue weighted by atomic mass is 10.1. The minimum absolute atomic E-state index is 0.0395. The summed E-state index contributed by atoms with van der Waals surface area (Å²) in [6.07, 6.45) is 6.24. The smallest absolute Gasteiger partial charge is 0.270 e. The maximum atomic E-state index is 13.3. The number of rotatable bonds is 6. The van der Waals surface area contributed by atoms with Crippen molar-refractivity contribution in [2.24, 2.45) is 5.92 Å². The highest BCUT2D eigenvalue weighted by Gasteiger charge is 2.30. The lowest BCUT2D eigenvalue weighted by Gasteiger charge is -2.38. The molecule has 0 bridgehead atoms. The average Bonchev–Trinajstić information content (AvgIpc) is 3.44. The summed E-state index contributed by atoms with van der Waals surface area (Å²) in [7, 11) is 0. The van der Waals surface area contributed by atoms with Crippen molar-refractivity contribution >= 4 is 23.5 Å². The van der Waals surface area contributed by atoms with E-state index in [2.05, 4.69) is 10.4 Å². The minimum Gasteiger partial charge on any atom is -0.492 e.